The van der Waals surface area contributed by atoms with Crippen molar-refractivity contribution in [3.63, 3.8) is 0 Å². The van der Waals surface area contributed by atoms with Crippen LogP contribution in [0.4, 0.5) is 0 Å². The monoisotopic (exact) mass is 253 g/mol. The molecule has 0 saturated heterocycles. The third-order valence-corrected chi connectivity index (χ3v) is 4.06. The Labute approximate surface area is 101 Å². The molecule has 1 heterocycles. The van der Waals surface area contributed by atoms with Gasteiger partial charge in [-0.15, -0.1) is 0 Å². The summed E-state index contributed by atoms with van der Waals surface area (Å²) in [5.41, 5.74) is 1.95. The Morgan fingerprint density at radius 1 is 1.35 bits per heavy atom. The van der Waals surface area contributed by atoms with E-state index < -0.39 is 10.0 Å². The summed E-state index contributed by atoms with van der Waals surface area (Å²) >= 11 is 0. The summed E-state index contributed by atoms with van der Waals surface area (Å²) < 4.78 is 25.8. The van der Waals surface area contributed by atoms with Gasteiger partial charge in [0.15, 0.2) is 0 Å². The van der Waals surface area contributed by atoms with Gasteiger partial charge in [0.05, 0.1) is 23.6 Å². The molecule has 0 fully saturated rings. The number of imidazole rings is 1. The van der Waals surface area contributed by atoms with E-state index >= 15 is 0 Å². The first-order chi connectivity index (χ1) is 7.98. The van der Waals surface area contributed by atoms with Gasteiger partial charge in [0.25, 0.3) is 0 Å². The summed E-state index contributed by atoms with van der Waals surface area (Å²) in [6.45, 7) is 1.04. The van der Waals surface area contributed by atoms with Crippen LogP contribution in [0.1, 0.15) is 0 Å². The van der Waals surface area contributed by atoms with Crippen molar-refractivity contribution < 1.29 is 8.42 Å². The van der Waals surface area contributed by atoms with Gasteiger partial charge in [-0.1, -0.05) is 12.1 Å². The van der Waals surface area contributed by atoms with Crippen LogP contribution in [-0.4, -0.2) is 42.1 Å². The van der Waals surface area contributed by atoms with Crippen molar-refractivity contribution in [3.8, 4) is 0 Å². The molecule has 2 rings (SSSR count). The predicted octanol–water partition coefficient (Wildman–Crippen LogP) is 0.928. The van der Waals surface area contributed by atoms with Crippen molar-refractivity contribution in [3.05, 3.63) is 30.6 Å². The van der Waals surface area contributed by atoms with Gasteiger partial charge in [-0.25, -0.2) is 17.7 Å². The van der Waals surface area contributed by atoms with E-state index in [0.29, 0.717) is 13.1 Å². The van der Waals surface area contributed by atoms with Gasteiger partial charge in [-0.2, -0.15) is 0 Å². The number of fused-ring (bicyclic) bond motifs is 1. The number of rotatable bonds is 4. The van der Waals surface area contributed by atoms with Crippen LogP contribution >= 0.6 is 0 Å². The van der Waals surface area contributed by atoms with E-state index in [1.165, 1.54) is 10.6 Å². The fraction of sp³-hybridized carbons (Fsp3) is 0.364. The lowest BCUT2D eigenvalue weighted by Crippen LogP contribution is -2.28. The van der Waals surface area contributed by atoms with Crippen molar-refractivity contribution in [1.29, 1.82) is 0 Å². The molecule has 0 atom stereocenters. The molecule has 2 aromatic rings. The summed E-state index contributed by atoms with van der Waals surface area (Å²) in [5.74, 6) is 0. The lowest BCUT2D eigenvalue weighted by molar-refractivity contribution is 0.452. The molecule has 0 amide bonds. The minimum Gasteiger partial charge on any atom is -0.329 e. The van der Waals surface area contributed by atoms with Crippen LogP contribution in [0.5, 0.6) is 0 Å². The van der Waals surface area contributed by atoms with Gasteiger partial charge >= 0.3 is 0 Å². The summed E-state index contributed by atoms with van der Waals surface area (Å²) in [5, 5.41) is 0. The Balaban J connectivity index is 2.15. The molecule has 6 heteroatoms. The van der Waals surface area contributed by atoms with Crippen LogP contribution in [0.2, 0.25) is 0 Å². The molecule has 0 aliphatic heterocycles. The molecule has 0 saturated carbocycles. The summed E-state index contributed by atoms with van der Waals surface area (Å²) in [6.07, 6.45) is 2.94. The smallest absolute Gasteiger partial charge is 0.211 e. The molecule has 0 aliphatic rings. The van der Waals surface area contributed by atoms with Crippen molar-refractivity contribution in [2.75, 3.05) is 19.8 Å². The molecule has 0 bridgehead atoms. The minimum absolute atomic E-state index is 0.444. The number of aromatic nitrogens is 2. The molecule has 5 nitrogen and oxygen atoms in total. The first-order valence-electron chi connectivity index (χ1n) is 5.29. The zero-order valence-corrected chi connectivity index (χ0v) is 10.7. The van der Waals surface area contributed by atoms with Crippen LogP contribution in [0.15, 0.2) is 30.6 Å². The van der Waals surface area contributed by atoms with Gasteiger partial charge in [0.1, 0.15) is 0 Å². The molecule has 1 aromatic heterocycles. The largest absolute Gasteiger partial charge is 0.329 e. The Morgan fingerprint density at radius 2 is 2.06 bits per heavy atom. The SMILES string of the molecule is CN(CCn1cnc2ccccc21)S(C)(=O)=O. The second-order valence-electron chi connectivity index (χ2n) is 4.01. The molecule has 17 heavy (non-hydrogen) atoms. The highest BCUT2D eigenvalue weighted by atomic mass is 32.2. The molecular weight excluding hydrogens is 238 g/mol. The maximum absolute atomic E-state index is 11.3. The van der Waals surface area contributed by atoms with Gasteiger partial charge in [-0.05, 0) is 12.1 Å². The summed E-state index contributed by atoms with van der Waals surface area (Å²) in [6, 6.07) is 7.79. The number of nitrogens with zero attached hydrogens (tertiary/aromatic N) is 3. The fourth-order valence-corrected chi connectivity index (χ4v) is 2.02. The molecule has 0 aliphatic carbocycles. The molecule has 0 radical (unpaired) electrons. The van der Waals surface area contributed by atoms with Crippen LogP contribution in [0.25, 0.3) is 11.0 Å². The van der Waals surface area contributed by atoms with Gasteiger partial charge in [0.2, 0.25) is 10.0 Å². The van der Waals surface area contributed by atoms with E-state index in [1.807, 2.05) is 28.8 Å². The molecule has 0 spiro atoms. The molecular formula is C11H15N3O2S. The zero-order valence-electron chi connectivity index (χ0n) is 9.87. The summed E-state index contributed by atoms with van der Waals surface area (Å²) in [7, 11) is -1.53. The zero-order chi connectivity index (χ0) is 12.5. The lowest BCUT2D eigenvalue weighted by Gasteiger charge is -2.14. The Bertz CT molecular complexity index is 618. The van der Waals surface area contributed by atoms with E-state index in [4.69, 9.17) is 0 Å². The number of hydrogen-bond acceptors (Lipinski definition) is 3. The first kappa shape index (κ1) is 12.1. The highest BCUT2D eigenvalue weighted by Gasteiger charge is 2.10. The summed E-state index contributed by atoms with van der Waals surface area (Å²) in [4.78, 5) is 4.25. The van der Waals surface area contributed by atoms with Gasteiger partial charge in [-0.3, -0.25) is 0 Å². The quantitative estimate of drug-likeness (QED) is 0.814. The second-order valence-corrected chi connectivity index (χ2v) is 6.10. The average Bonchev–Trinajstić information content (AvgIpc) is 2.68. The highest BCUT2D eigenvalue weighted by Crippen LogP contribution is 2.11. The van der Waals surface area contributed by atoms with Crippen LogP contribution < -0.4 is 0 Å². The van der Waals surface area contributed by atoms with Gasteiger partial charge < -0.3 is 4.57 Å². The standard InChI is InChI=1S/C11H15N3O2S/c1-13(17(2,15)16)7-8-14-9-12-10-5-3-4-6-11(10)14/h3-6,9H,7-8H2,1-2H3. The van der Waals surface area contributed by atoms with Gasteiger partial charge in [0, 0.05) is 20.1 Å². The first-order valence-corrected chi connectivity index (χ1v) is 7.14. The highest BCUT2D eigenvalue weighted by molar-refractivity contribution is 7.88. The second kappa shape index (κ2) is 4.46. The van der Waals surface area contributed by atoms with Crippen LogP contribution in [0.3, 0.4) is 0 Å². The topological polar surface area (TPSA) is 55.2 Å². The van der Waals surface area contributed by atoms with E-state index in [0.717, 1.165) is 11.0 Å². The average molecular weight is 253 g/mol. The Kier molecular flexibility index (Phi) is 3.17. The molecule has 0 unspecified atom stereocenters. The number of likely N-dealkylation sites (N-methyl/N-ethyl adjacent to an activating group) is 1. The van der Waals surface area contributed by atoms with E-state index in [1.54, 1.807) is 13.4 Å². The van der Waals surface area contributed by atoms with Crippen molar-refractivity contribution >= 4 is 21.1 Å². The van der Waals surface area contributed by atoms with E-state index in [9.17, 15) is 8.42 Å². The van der Waals surface area contributed by atoms with E-state index in [2.05, 4.69) is 4.98 Å². The molecule has 0 N–H and O–H groups in total. The molecule has 1 aromatic carbocycles. The number of hydrogen-bond donors (Lipinski definition) is 0. The molecule has 92 valence electrons. The normalized spacial score (nSPS) is 12.4. The number of benzene rings is 1. The van der Waals surface area contributed by atoms with Crippen molar-refractivity contribution in [2.24, 2.45) is 0 Å². The van der Waals surface area contributed by atoms with E-state index in [-0.39, 0.29) is 0 Å². The number of para-hydroxylation sites is 2. The predicted molar refractivity (Wildman–Crippen MR) is 67.2 cm³/mol. The maximum atomic E-state index is 11.3. The fourth-order valence-electron chi connectivity index (χ4n) is 1.60. The Hall–Kier alpha value is -1.40. The number of sulfonamides is 1. The van der Waals surface area contributed by atoms with Crippen molar-refractivity contribution in [2.45, 2.75) is 6.54 Å². The maximum Gasteiger partial charge on any atom is 0.211 e. The lowest BCUT2D eigenvalue weighted by atomic mass is 10.3. The third kappa shape index (κ3) is 2.65. The third-order valence-electron chi connectivity index (χ3n) is 2.75. The minimum atomic E-state index is -3.11. The van der Waals surface area contributed by atoms with Crippen LogP contribution in [0, 0.1) is 0 Å². The van der Waals surface area contributed by atoms with Crippen LogP contribution in [-0.2, 0) is 16.6 Å². The Morgan fingerprint density at radius 3 is 2.76 bits per heavy atom. The van der Waals surface area contributed by atoms with Crippen molar-refractivity contribution in [1.82, 2.24) is 13.9 Å².